The minimum atomic E-state index is -0.611. The number of nitrogens with one attached hydrogen (secondary N) is 4. The van der Waals surface area contributed by atoms with Crippen LogP contribution in [0.2, 0.25) is 10.0 Å². The summed E-state index contributed by atoms with van der Waals surface area (Å²) in [5.74, 6) is -0.585. The van der Waals surface area contributed by atoms with Crippen LogP contribution in [0, 0.1) is 0 Å². The summed E-state index contributed by atoms with van der Waals surface area (Å²) in [6, 6.07) is 26.8. The van der Waals surface area contributed by atoms with Crippen LogP contribution in [0.1, 0.15) is 22.3 Å². The Morgan fingerprint density at radius 3 is 1.29 bits per heavy atom. The van der Waals surface area contributed by atoms with Gasteiger partial charge in [-0.3, -0.25) is 8.42 Å². The Balaban J connectivity index is 0.000000218. The van der Waals surface area contributed by atoms with Crippen LogP contribution in [-0.4, -0.2) is 77.6 Å². The van der Waals surface area contributed by atoms with E-state index in [-0.39, 0.29) is 41.1 Å². The second-order valence-electron chi connectivity index (χ2n) is 12.9. The van der Waals surface area contributed by atoms with E-state index in [0.717, 1.165) is 65.9 Å². The molecular formula is C42H40Cl2N8NiO4S2. The van der Waals surface area contributed by atoms with Crippen molar-refractivity contribution in [2.24, 2.45) is 20.4 Å². The van der Waals surface area contributed by atoms with Crippen LogP contribution in [0.5, 0.6) is 0 Å². The van der Waals surface area contributed by atoms with Crippen LogP contribution in [0.3, 0.4) is 0 Å². The molecule has 0 spiro atoms. The van der Waals surface area contributed by atoms with Crippen LogP contribution in [0.25, 0.3) is 43.6 Å². The number of fused-ring (bicyclic) bond motifs is 4. The van der Waals surface area contributed by atoms with Crippen LogP contribution in [0.15, 0.2) is 130 Å². The van der Waals surface area contributed by atoms with Crippen molar-refractivity contribution < 1.29 is 35.1 Å². The number of halogens is 2. The van der Waals surface area contributed by atoms with Crippen molar-refractivity contribution in [3.63, 3.8) is 0 Å². The normalized spacial score (nSPS) is 11.9. The van der Waals surface area contributed by atoms with E-state index in [1.54, 1.807) is 37.5 Å². The predicted molar refractivity (Wildman–Crippen MR) is 241 cm³/mol. The topological polar surface area (TPSA) is 193 Å². The quantitative estimate of drug-likeness (QED) is 0.0540. The average molecular weight is 915 g/mol. The van der Waals surface area contributed by atoms with Gasteiger partial charge in [-0.1, -0.05) is 59.6 Å². The van der Waals surface area contributed by atoms with Crippen molar-refractivity contribution in [1.82, 2.24) is 19.9 Å². The molecule has 12 nitrogen and oxygen atoms in total. The molecule has 4 N–H and O–H groups in total. The number of nitrogens with zero attached hydrogens (tertiary/aromatic N) is 4. The van der Waals surface area contributed by atoms with Crippen molar-refractivity contribution in [3.8, 4) is 0 Å². The first kappa shape index (κ1) is 46.4. The zero-order valence-corrected chi connectivity index (χ0v) is 36.4. The molecule has 0 bridgehead atoms. The second-order valence-corrected chi connectivity index (χ2v) is 16.7. The van der Waals surface area contributed by atoms with Crippen LogP contribution >= 0.6 is 23.2 Å². The zero-order valence-electron chi connectivity index (χ0n) is 32.3. The molecule has 17 heteroatoms. The number of H-pyrrole nitrogens is 4. The molecule has 0 amide bonds. The number of para-hydroxylation sites is 2. The van der Waals surface area contributed by atoms with Crippen LogP contribution in [-0.2, 0) is 50.9 Å². The predicted octanol–water partition coefficient (Wildman–Crippen LogP) is 7.26. The molecule has 0 aliphatic rings. The summed E-state index contributed by atoms with van der Waals surface area (Å²) < 4.78 is 19.1. The summed E-state index contributed by atoms with van der Waals surface area (Å²) in [6.45, 7) is 0. The van der Waals surface area contributed by atoms with Gasteiger partial charge in [-0.2, -0.15) is 20.4 Å². The summed E-state index contributed by atoms with van der Waals surface area (Å²) in [7, 11) is -1.22. The number of hydrogen-bond donors (Lipinski definition) is 4. The molecule has 4 aromatic heterocycles. The Hall–Kier alpha value is -5.31. The second kappa shape index (κ2) is 22.7. The molecule has 8 aromatic rings. The van der Waals surface area contributed by atoms with Crippen molar-refractivity contribution in [3.05, 3.63) is 142 Å². The van der Waals surface area contributed by atoms with E-state index in [4.69, 9.17) is 23.2 Å². The van der Waals surface area contributed by atoms with E-state index in [1.807, 2.05) is 110 Å². The molecule has 0 aliphatic carbocycles. The van der Waals surface area contributed by atoms with Crippen molar-refractivity contribution in [1.29, 1.82) is 0 Å². The fraction of sp³-hybridized carbons (Fsp3) is 0.143. The Morgan fingerprint density at radius 2 is 0.898 bits per heavy atom. The fourth-order valence-corrected chi connectivity index (χ4v) is 6.05. The summed E-state index contributed by atoms with van der Waals surface area (Å²) in [5.41, 5.74) is 7.42. The van der Waals surface area contributed by atoms with Gasteiger partial charge in [-0.05, 0) is 71.5 Å². The first-order valence-electron chi connectivity index (χ1n) is 17.5. The van der Waals surface area contributed by atoms with Gasteiger partial charge in [-0.25, -0.2) is 0 Å². The molecule has 4 aromatic carbocycles. The van der Waals surface area contributed by atoms with Gasteiger partial charge in [0.05, 0.1) is 12.4 Å². The number of benzene rings is 4. The third-order valence-electron chi connectivity index (χ3n) is 8.12. The SMILES string of the molecule is CS(C)=O.CS(C)=O.[Ni+2].[O-]/C(Cc1c[nH]c2ccccc12)=N\N=C/c1c[nH]c2ccc(Cl)cc12.[O-]/C(Cc1c[nH]c2ccccc12)=N\N=C/c1c[nH]c2ccc(Cl)cc12. The monoisotopic (exact) mass is 912 g/mol. The number of rotatable bonds is 8. The number of hydrogen-bond acceptors (Lipinski definition) is 8. The minimum absolute atomic E-state index is 0. The maximum absolute atomic E-state index is 12.1. The Labute approximate surface area is 365 Å². The number of aromatic nitrogens is 4. The van der Waals surface area contributed by atoms with Gasteiger partial charge in [-0.15, -0.1) is 0 Å². The number of aromatic amines is 4. The molecule has 0 saturated heterocycles. The van der Waals surface area contributed by atoms with E-state index in [0.29, 0.717) is 10.0 Å². The standard InChI is InChI=1S/2C19H15ClN4O.2C2H6OS.Ni/c2*20-14-5-6-18-16(8-14)13(10-22-18)11-23-24-19(25)7-12-9-21-17-4-2-1-3-15(12)17;2*1-4(2)3;/h2*1-6,8-11,21-22H,7H2,(H,24,25);2*1-2H3;/q;;;;+2/p-2/b2*23-11-;;;. The van der Waals surface area contributed by atoms with Crippen molar-refractivity contribution in [2.45, 2.75) is 12.8 Å². The van der Waals surface area contributed by atoms with Gasteiger partial charge in [0, 0.05) is 149 Å². The fourth-order valence-electron chi connectivity index (χ4n) is 5.71. The summed E-state index contributed by atoms with van der Waals surface area (Å²) in [4.78, 5) is 12.6. The first-order chi connectivity index (χ1) is 27.9. The average Bonchev–Trinajstić information content (AvgIpc) is 3.98. The summed E-state index contributed by atoms with van der Waals surface area (Å²) in [6.07, 6.45) is 17.4. The van der Waals surface area contributed by atoms with Gasteiger partial charge in [0.25, 0.3) is 0 Å². The zero-order chi connectivity index (χ0) is 41.6. The molecule has 308 valence electrons. The molecule has 0 fully saturated rings. The van der Waals surface area contributed by atoms with E-state index in [1.165, 1.54) is 0 Å². The smallest absolute Gasteiger partial charge is 0.860 e. The largest absolute Gasteiger partial charge is 2.00 e. The maximum Gasteiger partial charge on any atom is 2.00 e. The van der Waals surface area contributed by atoms with E-state index in [9.17, 15) is 18.6 Å². The van der Waals surface area contributed by atoms with Crippen LogP contribution in [0.4, 0.5) is 0 Å². The molecule has 0 radical (unpaired) electrons. The summed E-state index contributed by atoms with van der Waals surface area (Å²) >= 11 is 12.0. The molecule has 8 rings (SSSR count). The Bertz CT molecular complexity index is 2610. The molecule has 0 atom stereocenters. The molecular weight excluding hydrogens is 874 g/mol. The van der Waals surface area contributed by atoms with Gasteiger partial charge in [0.2, 0.25) is 0 Å². The van der Waals surface area contributed by atoms with Gasteiger partial charge >= 0.3 is 16.5 Å². The maximum atomic E-state index is 12.1. The van der Waals surface area contributed by atoms with Gasteiger partial charge in [0.1, 0.15) is 0 Å². The van der Waals surface area contributed by atoms with Crippen molar-refractivity contribution in [2.75, 3.05) is 25.0 Å². The van der Waals surface area contributed by atoms with Gasteiger partial charge < -0.3 is 30.1 Å². The van der Waals surface area contributed by atoms with Crippen LogP contribution < -0.4 is 10.2 Å². The van der Waals surface area contributed by atoms with E-state index >= 15 is 0 Å². The van der Waals surface area contributed by atoms with E-state index in [2.05, 4.69) is 40.3 Å². The van der Waals surface area contributed by atoms with Gasteiger partial charge in [0.15, 0.2) is 0 Å². The first-order valence-corrected chi connectivity index (χ1v) is 22.2. The molecule has 0 aliphatic heterocycles. The molecule has 4 heterocycles. The molecule has 0 saturated carbocycles. The third-order valence-corrected chi connectivity index (χ3v) is 8.59. The molecule has 59 heavy (non-hydrogen) atoms. The Morgan fingerprint density at radius 1 is 0.559 bits per heavy atom. The molecule has 0 unspecified atom stereocenters. The third kappa shape index (κ3) is 13.9. The van der Waals surface area contributed by atoms with E-state index < -0.39 is 21.6 Å². The summed E-state index contributed by atoms with van der Waals surface area (Å²) in [5, 5.41) is 44.8. The minimum Gasteiger partial charge on any atom is -0.860 e. The van der Waals surface area contributed by atoms with Crippen molar-refractivity contribution >= 4 is 113 Å². The Kier molecular flexibility index (Phi) is 17.9.